The zero-order valence-corrected chi connectivity index (χ0v) is 11.2. The molecule has 17 heavy (non-hydrogen) atoms. The molecular formula is C12H15BrN2O2. The molecule has 0 spiro atoms. The summed E-state index contributed by atoms with van der Waals surface area (Å²) in [4.78, 5) is 11.5. The first-order chi connectivity index (χ1) is 8.05. The lowest BCUT2D eigenvalue weighted by molar-refractivity contribution is -0.130. The summed E-state index contributed by atoms with van der Waals surface area (Å²) in [6, 6.07) is 7.66. The van der Waals surface area contributed by atoms with Gasteiger partial charge >= 0.3 is 0 Å². The molecule has 1 aliphatic carbocycles. The summed E-state index contributed by atoms with van der Waals surface area (Å²) in [6.45, 7) is 0. The quantitative estimate of drug-likeness (QED) is 0.892. The van der Waals surface area contributed by atoms with Crippen LogP contribution in [0.15, 0.2) is 28.7 Å². The van der Waals surface area contributed by atoms with Gasteiger partial charge in [0.05, 0.1) is 6.10 Å². The molecule has 0 atom stereocenters. The second kappa shape index (κ2) is 4.66. The second-order valence-electron chi connectivity index (χ2n) is 4.34. The molecule has 0 bridgehead atoms. The number of ether oxygens (including phenoxy) is 1. The molecule has 1 aromatic carbocycles. The van der Waals surface area contributed by atoms with Crippen LogP contribution in [-0.2, 0) is 9.53 Å². The maximum absolute atomic E-state index is 11.5. The van der Waals surface area contributed by atoms with Gasteiger partial charge in [0.2, 0.25) is 5.91 Å². The van der Waals surface area contributed by atoms with Crippen molar-refractivity contribution in [2.75, 3.05) is 12.4 Å². The van der Waals surface area contributed by atoms with Crippen molar-refractivity contribution in [3.63, 3.8) is 0 Å². The minimum absolute atomic E-state index is 0.116. The molecule has 92 valence electrons. The number of amides is 1. The van der Waals surface area contributed by atoms with E-state index in [-0.39, 0.29) is 12.0 Å². The Balaban J connectivity index is 2.10. The Bertz CT molecular complexity index is 413. The van der Waals surface area contributed by atoms with Crippen LogP contribution in [0, 0.1) is 0 Å². The number of rotatable bonds is 4. The van der Waals surface area contributed by atoms with Gasteiger partial charge in [-0.25, -0.2) is 0 Å². The van der Waals surface area contributed by atoms with Crippen LogP contribution in [0.5, 0.6) is 0 Å². The van der Waals surface area contributed by atoms with E-state index in [1.807, 2.05) is 24.3 Å². The zero-order valence-electron chi connectivity index (χ0n) is 9.57. The van der Waals surface area contributed by atoms with Crippen molar-refractivity contribution in [2.24, 2.45) is 5.73 Å². The van der Waals surface area contributed by atoms with Crippen LogP contribution in [0.25, 0.3) is 0 Å². The molecule has 0 unspecified atom stereocenters. The summed E-state index contributed by atoms with van der Waals surface area (Å²) >= 11 is 3.37. The molecule has 0 aromatic heterocycles. The van der Waals surface area contributed by atoms with E-state index in [9.17, 15) is 4.79 Å². The van der Waals surface area contributed by atoms with E-state index in [0.717, 1.165) is 10.2 Å². The minimum Gasteiger partial charge on any atom is -0.381 e. The Morgan fingerprint density at radius 1 is 1.47 bits per heavy atom. The van der Waals surface area contributed by atoms with Crippen LogP contribution in [-0.4, -0.2) is 24.7 Å². The molecule has 5 heteroatoms. The third-order valence-corrected chi connectivity index (χ3v) is 3.71. The van der Waals surface area contributed by atoms with E-state index in [4.69, 9.17) is 10.5 Å². The fraction of sp³-hybridized carbons (Fsp3) is 0.417. The number of anilines is 1. The molecule has 0 saturated heterocycles. The highest BCUT2D eigenvalue weighted by Gasteiger charge is 2.49. The third-order valence-electron chi connectivity index (χ3n) is 3.19. The van der Waals surface area contributed by atoms with Crippen molar-refractivity contribution in [1.29, 1.82) is 0 Å². The third kappa shape index (κ3) is 2.45. The average molecular weight is 299 g/mol. The van der Waals surface area contributed by atoms with Gasteiger partial charge < -0.3 is 15.8 Å². The molecule has 2 rings (SSSR count). The van der Waals surface area contributed by atoms with Gasteiger partial charge in [-0.05, 0) is 24.3 Å². The first-order valence-corrected chi connectivity index (χ1v) is 6.21. The highest BCUT2D eigenvalue weighted by atomic mass is 79.9. The van der Waals surface area contributed by atoms with Crippen LogP contribution in [0.2, 0.25) is 0 Å². The lowest BCUT2D eigenvalue weighted by atomic mass is 9.73. The predicted molar refractivity (Wildman–Crippen MR) is 69.7 cm³/mol. The largest absolute Gasteiger partial charge is 0.381 e. The smallest absolute Gasteiger partial charge is 0.243 e. The fourth-order valence-corrected chi connectivity index (χ4v) is 2.32. The number of halogens is 1. The van der Waals surface area contributed by atoms with Crippen molar-refractivity contribution < 1.29 is 9.53 Å². The topological polar surface area (TPSA) is 64.3 Å². The molecule has 1 fully saturated rings. The van der Waals surface area contributed by atoms with Gasteiger partial charge in [0, 0.05) is 30.1 Å². The monoisotopic (exact) mass is 298 g/mol. The fourth-order valence-electron chi connectivity index (χ4n) is 2.06. The van der Waals surface area contributed by atoms with Crippen LogP contribution >= 0.6 is 15.9 Å². The van der Waals surface area contributed by atoms with Gasteiger partial charge in [-0.3, -0.25) is 4.79 Å². The van der Waals surface area contributed by atoms with Gasteiger partial charge in [-0.1, -0.05) is 15.9 Å². The number of carbonyl (C=O) groups is 1. The summed E-state index contributed by atoms with van der Waals surface area (Å²) in [5.41, 5.74) is 5.69. The number of carbonyl (C=O) groups excluding carboxylic acids is 1. The standard InChI is InChI=1S/C12H15BrN2O2/c1-17-10-6-12(7-10,11(14)16)15-9-4-2-8(13)3-5-9/h2-5,10,15H,6-7H2,1H3,(H2,14,16). The molecule has 1 aromatic rings. The minimum atomic E-state index is -0.658. The molecule has 0 heterocycles. The van der Waals surface area contributed by atoms with Crippen molar-refractivity contribution in [3.8, 4) is 0 Å². The van der Waals surface area contributed by atoms with E-state index in [1.165, 1.54) is 0 Å². The molecule has 1 saturated carbocycles. The molecule has 0 aliphatic heterocycles. The van der Waals surface area contributed by atoms with Crippen molar-refractivity contribution in [2.45, 2.75) is 24.5 Å². The number of nitrogens with two attached hydrogens (primary N) is 1. The Labute approximate surface area is 109 Å². The van der Waals surface area contributed by atoms with Crippen LogP contribution in [0.3, 0.4) is 0 Å². The number of methoxy groups -OCH3 is 1. The lowest BCUT2D eigenvalue weighted by Gasteiger charge is -2.45. The second-order valence-corrected chi connectivity index (χ2v) is 5.26. The highest BCUT2D eigenvalue weighted by Crippen LogP contribution is 2.37. The molecule has 0 radical (unpaired) electrons. The van der Waals surface area contributed by atoms with Crippen molar-refractivity contribution in [3.05, 3.63) is 28.7 Å². The van der Waals surface area contributed by atoms with E-state index >= 15 is 0 Å². The predicted octanol–water partition coefficient (Wildman–Crippen LogP) is 1.89. The van der Waals surface area contributed by atoms with Crippen LogP contribution in [0.4, 0.5) is 5.69 Å². The SMILES string of the molecule is COC1CC(Nc2ccc(Br)cc2)(C(N)=O)C1. The zero-order chi connectivity index (χ0) is 12.5. The van der Waals surface area contributed by atoms with Crippen LogP contribution < -0.4 is 11.1 Å². The first-order valence-electron chi connectivity index (χ1n) is 5.42. The number of benzene rings is 1. The summed E-state index contributed by atoms with van der Waals surface area (Å²) < 4.78 is 6.19. The molecule has 4 nitrogen and oxygen atoms in total. The number of primary amides is 1. The van der Waals surface area contributed by atoms with Gasteiger partial charge in [-0.15, -0.1) is 0 Å². The van der Waals surface area contributed by atoms with Gasteiger partial charge in [0.1, 0.15) is 5.54 Å². The number of hydrogen-bond acceptors (Lipinski definition) is 3. The Kier molecular flexibility index (Phi) is 3.40. The molecule has 1 aliphatic rings. The van der Waals surface area contributed by atoms with E-state index in [0.29, 0.717) is 12.8 Å². The summed E-state index contributed by atoms with van der Waals surface area (Å²) in [5, 5.41) is 3.21. The highest BCUT2D eigenvalue weighted by molar-refractivity contribution is 9.10. The summed E-state index contributed by atoms with van der Waals surface area (Å²) in [7, 11) is 1.65. The number of hydrogen-bond donors (Lipinski definition) is 2. The van der Waals surface area contributed by atoms with E-state index < -0.39 is 5.54 Å². The van der Waals surface area contributed by atoms with E-state index in [1.54, 1.807) is 7.11 Å². The van der Waals surface area contributed by atoms with Crippen molar-refractivity contribution in [1.82, 2.24) is 0 Å². The van der Waals surface area contributed by atoms with Crippen molar-refractivity contribution >= 4 is 27.5 Å². The average Bonchev–Trinajstić information content (AvgIpc) is 2.25. The maximum atomic E-state index is 11.5. The van der Waals surface area contributed by atoms with Gasteiger partial charge in [0.25, 0.3) is 0 Å². The normalized spacial score (nSPS) is 27.3. The first kappa shape index (κ1) is 12.4. The Hall–Kier alpha value is -1.07. The maximum Gasteiger partial charge on any atom is 0.243 e. The summed E-state index contributed by atoms with van der Waals surface area (Å²) in [5.74, 6) is -0.325. The summed E-state index contributed by atoms with van der Waals surface area (Å²) in [6.07, 6.45) is 1.36. The number of nitrogens with one attached hydrogen (secondary N) is 1. The molecular weight excluding hydrogens is 284 g/mol. The van der Waals surface area contributed by atoms with Gasteiger partial charge in [-0.2, -0.15) is 0 Å². The van der Waals surface area contributed by atoms with Crippen LogP contribution in [0.1, 0.15) is 12.8 Å². The lowest BCUT2D eigenvalue weighted by Crippen LogP contribution is -2.61. The Morgan fingerprint density at radius 3 is 2.53 bits per heavy atom. The Morgan fingerprint density at radius 2 is 2.06 bits per heavy atom. The van der Waals surface area contributed by atoms with E-state index in [2.05, 4.69) is 21.2 Å². The van der Waals surface area contributed by atoms with Gasteiger partial charge in [0.15, 0.2) is 0 Å². The molecule has 1 amide bonds. The molecule has 3 N–H and O–H groups in total.